The zero-order chi connectivity index (χ0) is 34.9. The highest BCUT2D eigenvalue weighted by molar-refractivity contribution is 7.45. The molecule has 0 aromatic heterocycles. The molecular weight excluding hydrogens is 613 g/mol. The lowest BCUT2D eigenvalue weighted by molar-refractivity contribution is -0.870. The SMILES string of the molecule is CCCCCCC/C=C\C/C=C\C/C=C\CCCCCCCCCCCCCOCC(COP(=O)([O-])OCC[N+](C)(C)C)OC(C)=O. The number of allylic oxidation sites excluding steroid dienone is 6. The van der Waals surface area contributed by atoms with E-state index in [2.05, 4.69) is 43.4 Å². The van der Waals surface area contributed by atoms with Gasteiger partial charge < -0.3 is 27.9 Å². The summed E-state index contributed by atoms with van der Waals surface area (Å²) in [6.45, 7) is 4.38. The second kappa shape index (κ2) is 32.0. The number of esters is 1. The summed E-state index contributed by atoms with van der Waals surface area (Å²) in [5, 5.41) is 0. The van der Waals surface area contributed by atoms with Crippen LogP contribution in [0.5, 0.6) is 0 Å². The van der Waals surface area contributed by atoms with E-state index in [-0.39, 0.29) is 19.8 Å². The maximum atomic E-state index is 12.0. The molecule has 276 valence electrons. The van der Waals surface area contributed by atoms with Crippen molar-refractivity contribution in [3.63, 3.8) is 0 Å². The number of rotatable bonds is 34. The molecule has 0 saturated carbocycles. The van der Waals surface area contributed by atoms with Gasteiger partial charge in [-0.3, -0.25) is 9.36 Å². The first-order valence-corrected chi connectivity index (χ1v) is 20.1. The molecule has 0 saturated heterocycles. The standard InChI is InChI=1S/C38H72NO7P/c1-6-7-8-9-10-11-12-13-14-15-16-17-18-19-20-21-22-23-24-25-26-27-28-29-30-31-33-43-35-38(46-37(2)40)36-45-47(41,42)44-34-32-39(3,4)5/h12-13,15-16,18-19,38H,6-11,14,17,20-36H2,1-5H3/b13-12-,16-15-,19-18-. The molecule has 0 rings (SSSR count). The third kappa shape index (κ3) is 37.4. The highest BCUT2D eigenvalue weighted by Gasteiger charge is 2.19. The van der Waals surface area contributed by atoms with Crippen LogP contribution in [0.3, 0.4) is 0 Å². The largest absolute Gasteiger partial charge is 0.756 e. The number of phosphoric ester groups is 1. The number of nitrogens with zero attached hydrogens (tertiary/aromatic N) is 1. The molecule has 8 nitrogen and oxygen atoms in total. The second-order valence-electron chi connectivity index (χ2n) is 13.7. The van der Waals surface area contributed by atoms with E-state index in [1.807, 2.05) is 21.1 Å². The number of carbonyl (C=O) groups excluding carboxylic acids is 1. The Morgan fingerprint density at radius 3 is 1.62 bits per heavy atom. The van der Waals surface area contributed by atoms with Crippen LogP contribution in [-0.2, 0) is 27.9 Å². The molecule has 0 bridgehead atoms. The molecule has 0 aromatic rings. The van der Waals surface area contributed by atoms with E-state index in [1.54, 1.807) is 0 Å². The number of quaternary nitrogens is 1. The van der Waals surface area contributed by atoms with Gasteiger partial charge in [-0.2, -0.15) is 0 Å². The summed E-state index contributed by atoms with van der Waals surface area (Å²) in [6.07, 6.45) is 38.0. The number of phosphoric acid groups is 1. The summed E-state index contributed by atoms with van der Waals surface area (Å²) in [5.41, 5.74) is 0. The first kappa shape index (κ1) is 45.7. The fourth-order valence-electron chi connectivity index (χ4n) is 4.90. The average Bonchev–Trinajstić information content (AvgIpc) is 3.00. The van der Waals surface area contributed by atoms with E-state index in [0.717, 1.165) is 25.7 Å². The summed E-state index contributed by atoms with van der Waals surface area (Å²) in [7, 11) is 1.34. The van der Waals surface area contributed by atoms with Crippen molar-refractivity contribution in [2.24, 2.45) is 0 Å². The van der Waals surface area contributed by atoms with Gasteiger partial charge in [0, 0.05) is 13.5 Å². The molecule has 0 N–H and O–H groups in total. The molecule has 0 aliphatic heterocycles. The summed E-state index contributed by atoms with van der Waals surface area (Å²) in [6, 6.07) is 0. The number of hydrogen-bond acceptors (Lipinski definition) is 7. The molecule has 0 radical (unpaired) electrons. The summed E-state index contributed by atoms with van der Waals surface area (Å²) in [5.74, 6) is -0.512. The lowest BCUT2D eigenvalue weighted by Crippen LogP contribution is -2.37. The van der Waals surface area contributed by atoms with Crippen LogP contribution in [0.25, 0.3) is 0 Å². The highest BCUT2D eigenvalue weighted by Crippen LogP contribution is 2.38. The minimum atomic E-state index is -4.47. The van der Waals surface area contributed by atoms with Gasteiger partial charge in [0.2, 0.25) is 0 Å². The van der Waals surface area contributed by atoms with Crippen LogP contribution in [0, 0.1) is 0 Å². The topological polar surface area (TPSA) is 94.1 Å². The fourth-order valence-corrected chi connectivity index (χ4v) is 5.63. The molecule has 0 aromatic carbocycles. The minimum absolute atomic E-state index is 0.0217. The first-order valence-electron chi connectivity index (χ1n) is 18.7. The Balaban J connectivity index is 3.61. The van der Waals surface area contributed by atoms with Crippen molar-refractivity contribution in [3.05, 3.63) is 36.5 Å². The van der Waals surface area contributed by atoms with Crippen molar-refractivity contribution >= 4 is 13.8 Å². The molecule has 0 spiro atoms. The minimum Gasteiger partial charge on any atom is -0.756 e. The van der Waals surface area contributed by atoms with Gasteiger partial charge in [0.05, 0.1) is 34.4 Å². The van der Waals surface area contributed by atoms with Crippen molar-refractivity contribution in [2.45, 2.75) is 148 Å². The van der Waals surface area contributed by atoms with Crippen LogP contribution in [-0.4, -0.2) is 70.7 Å². The molecule has 0 heterocycles. The Hall–Kier alpha value is -1.28. The molecule has 0 aliphatic carbocycles. The molecule has 9 heteroatoms. The number of likely N-dealkylation sites (N-methyl/N-ethyl adjacent to an activating group) is 1. The van der Waals surface area contributed by atoms with Gasteiger partial charge in [0.25, 0.3) is 7.82 Å². The van der Waals surface area contributed by atoms with Gasteiger partial charge in [-0.1, -0.05) is 127 Å². The Morgan fingerprint density at radius 1 is 0.660 bits per heavy atom. The van der Waals surface area contributed by atoms with E-state index in [0.29, 0.717) is 17.6 Å². The Bertz CT molecular complexity index is 853. The lowest BCUT2D eigenvalue weighted by Gasteiger charge is -2.28. The third-order valence-electron chi connectivity index (χ3n) is 7.74. The second-order valence-corrected chi connectivity index (χ2v) is 15.1. The maximum absolute atomic E-state index is 12.0. The van der Waals surface area contributed by atoms with Crippen molar-refractivity contribution < 1.29 is 37.3 Å². The van der Waals surface area contributed by atoms with Crippen LogP contribution in [0.1, 0.15) is 142 Å². The van der Waals surface area contributed by atoms with Crippen molar-refractivity contribution in [1.82, 2.24) is 0 Å². The van der Waals surface area contributed by atoms with Crippen molar-refractivity contribution in [1.29, 1.82) is 0 Å². The van der Waals surface area contributed by atoms with Crippen LogP contribution >= 0.6 is 7.82 Å². The molecular formula is C38H72NO7P. The van der Waals surface area contributed by atoms with E-state index in [4.69, 9.17) is 18.5 Å². The summed E-state index contributed by atoms with van der Waals surface area (Å²) >= 11 is 0. The van der Waals surface area contributed by atoms with Crippen molar-refractivity contribution in [2.75, 3.05) is 54.1 Å². The Morgan fingerprint density at radius 2 is 1.13 bits per heavy atom. The maximum Gasteiger partial charge on any atom is 0.303 e. The normalized spacial score (nSPS) is 14.4. The highest BCUT2D eigenvalue weighted by atomic mass is 31.2. The van der Waals surface area contributed by atoms with E-state index >= 15 is 0 Å². The molecule has 0 amide bonds. The molecule has 2 atom stereocenters. The molecule has 0 fully saturated rings. The fraction of sp³-hybridized carbons (Fsp3) is 0.816. The van der Waals surface area contributed by atoms with Gasteiger partial charge >= 0.3 is 5.97 Å². The predicted molar refractivity (Wildman–Crippen MR) is 194 cm³/mol. The average molecular weight is 686 g/mol. The Kier molecular flexibility index (Phi) is 31.1. The monoisotopic (exact) mass is 686 g/mol. The first-order chi connectivity index (χ1) is 22.6. The van der Waals surface area contributed by atoms with E-state index in [1.165, 1.54) is 110 Å². The molecule has 2 unspecified atom stereocenters. The molecule has 47 heavy (non-hydrogen) atoms. The smallest absolute Gasteiger partial charge is 0.303 e. The summed E-state index contributed by atoms with van der Waals surface area (Å²) in [4.78, 5) is 23.4. The predicted octanol–water partition coefficient (Wildman–Crippen LogP) is 9.63. The van der Waals surface area contributed by atoms with E-state index < -0.39 is 19.9 Å². The van der Waals surface area contributed by atoms with Gasteiger partial charge in [0.15, 0.2) is 0 Å². The van der Waals surface area contributed by atoms with Gasteiger partial charge in [-0.05, 0) is 44.9 Å². The number of hydrogen-bond donors (Lipinski definition) is 0. The van der Waals surface area contributed by atoms with Gasteiger partial charge in [-0.15, -0.1) is 0 Å². The van der Waals surface area contributed by atoms with E-state index in [9.17, 15) is 14.3 Å². The third-order valence-corrected chi connectivity index (χ3v) is 8.71. The number of unbranched alkanes of at least 4 members (excludes halogenated alkanes) is 16. The zero-order valence-electron chi connectivity index (χ0n) is 31.0. The Labute approximate surface area is 289 Å². The summed E-state index contributed by atoms with van der Waals surface area (Å²) < 4.78 is 33.2. The van der Waals surface area contributed by atoms with Crippen LogP contribution < -0.4 is 4.89 Å². The van der Waals surface area contributed by atoms with Crippen molar-refractivity contribution in [3.8, 4) is 0 Å². The lowest BCUT2D eigenvalue weighted by atomic mass is 10.1. The zero-order valence-corrected chi connectivity index (χ0v) is 31.9. The molecule has 0 aliphatic rings. The van der Waals surface area contributed by atoms with Gasteiger partial charge in [0.1, 0.15) is 19.3 Å². The number of carbonyl (C=O) groups is 1. The van der Waals surface area contributed by atoms with Crippen LogP contribution in [0.15, 0.2) is 36.5 Å². The number of ether oxygens (including phenoxy) is 2. The van der Waals surface area contributed by atoms with Crippen LogP contribution in [0.4, 0.5) is 0 Å². The quantitative estimate of drug-likeness (QED) is 0.0219. The van der Waals surface area contributed by atoms with Gasteiger partial charge in [-0.25, -0.2) is 0 Å². The van der Waals surface area contributed by atoms with Crippen LogP contribution in [0.2, 0.25) is 0 Å².